The van der Waals surface area contributed by atoms with Gasteiger partial charge in [0.2, 0.25) is 11.8 Å². The molecule has 2 amide bonds. The summed E-state index contributed by atoms with van der Waals surface area (Å²) in [6, 6.07) is 39.7. The van der Waals surface area contributed by atoms with Crippen LogP contribution in [-0.2, 0) is 32.6 Å². The van der Waals surface area contributed by atoms with Crippen molar-refractivity contribution in [1.82, 2.24) is 10.2 Å². The molecule has 5 aromatic carbocycles. The second kappa shape index (κ2) is 17.1. The van der Waals surface area contributed by atoms with E-state index in [-0.39, 0.29) is 35.5 Å². The van der Waals surface area contributed by atoms with Crippen molar-refractivity contribution in [2.75, 3.05) is 10.8 Å². The molecule has 0 heterocycles. The molecule has 0 saturated heterocycles. The number of rotatable bonds is 15. The first-order valence-electron chi connectivity index (χ1n) is 16.4. The van der Waals surface area contributed by atoms with Crippen molar-refractivity contribution in [1.29, 1.82) is 0 Å². The molecular weight excluding hydrogens is 714 g/mol. The normalized spacial score (nSPS) is 12.4. The monoisotopic (exact) mass is 753 g/mol. The fraction of sp³-hybridized carbons (Fsp3) is 0.200. The Bertz CT molecular complexity index is 1960. The summed E-state index contributed by atoms with van der Waals surface area (Å²) in [7, 11) is -4.22. The molecule has 5 aromatic rings. The van der Waals surface area contributed by atoms with E-state index in [2.05, 4.69) is 21.2 Å². The summed E-state index contributed by atoms with van der Waals surface area (Å²) in [6.45, 7) is 3.42. The molecule has 0 unspecified atom stereocenters. The van der Waals surface area contributed by atoms with Gasteiger partial charge in [-0.15, -0.1) is 0 Å². The van der Waals surface area contributed by atoms with Crippen molar-refractivity contribution < 1.29 is 22.7 Å². The van der Waals surface area contributed by atoms with Crippen LogP contribution in [0.15, 0.2) is 149 Å². The van der Waals surface area contributed by atoms with E-state index < -0.39 is 28.5 Å². The van der Waals surface area contributed by atoms with Crippen LogP contribution < -0.4 is 14.4 Å². The van der Waals surface area contributed by atoms with Crippen molar-refractivity contribution in [2.45, 2.75) is 50.2 Å². The molecular formula is C40H40BrN3O5S. The third kappa shape index (κ3) is 9.61. The lowest BCUT2D eigenvalue weighted by atomic mass is 10.0. The minimum absolute atomic E-state index is 0.0336. The van der Waals surface area contributed by atoms with E-state index in [1.807, 2.05) is 98.8 Å². The number of amides is 2. The number of sulfonamides is 1. The minimum atomic E-state index is -4.22. The third-order valence-corrected chi connectivity index (χ3v) is 10.5. The third-order valence-electron chi connectivity index (χ3n) is 8.23. The lowest BCUT2D eigenvalue weighted by Gasteiger charge is -2.34. The van der Waals surface area contributed by atoms with Gasteiger partial charge in [-0.05, 0) is 85.1 Å². The SMILES string of the molecule is CC[C@H](C)NC(=O)[C@H](Cc1ccccc1)N(Cc1cccc(Br)c1)C(=O)CN(c1ccc(Oc2ccccc2)cc1)S(=O)(=O)c1ccccc1. The molecule has 2 atom stereocenters. The van der Waals surface area contributed by atoms with E-state index in [1.165, 1.54) is 17.0 Å². The van der Waals surface area contributed by atoms with Crippen LogP contribution >= 0.6 is 15.9 Å². The van der Waals surface area contributed by atoms with E-state index in [0.717, 1.165) is 19.9 Å². The van der Waals surface area contributed by atoms with Crippen LogP contribution in [0.2, 0.25) is 0 Å². The van der Waals surface area contributed by atoms with Gasteiger partial charge in [0.05, 0.1) is 10.6 Å². The number of carbonyl (C=O) groups is 2. The van der Waals surface area contributed by atoms with Gasteiger partial charge in [-0.1, -0.05) is 102 Å². The molecule has 0 saturated carbocycles. The van der Waals surface area contributed by atoms with Crippen LogP contribution in [0, 0.1) is 0 Å². The first-order valence-corrected chi connectivity index (χ1v) is 18.7. The number of hydrogen-bond acceptors (Lipinski definition) is 5. The molecule has 50 heavy (non-hydrogen) atoms. The quantitative estimate of drug-likeness (QED) is 0.117. The van der Waals surface area contributed by atoms with Gasteiger partial charge in [-0.2, -0.15) is 0 Å². The maximum atomic E-state index is 14.7. The molecule has 0 spiro atoms. The van der Waals surface area contributed by atoms with E-state index in [9.17, 15) is 18.0 Å². The highest BCUT2D eigenvalue weighted by Crippen LogP contribution is 2.29. The number of para-hydroxylation sites is 1. The summed E-state index contributed by atoms with van der Waals surface area (Å²) >= 11 is 3.52. The average Bonchev–Trinajstić information content (AvgIpc) is 3.13. The molecule has 8 nitrogen and oxygen atoms in total. The van der Waals surface area contributed by atoms with Gasteiger partial charge in [0.1, 0.15) is 24.1 Å². The Morgan fingerprint density at radius 1 is 0.760 bits per heavy atom. The molecule has 0 bridgehead atoms. The number of nitrogens with zero attached hydrogens (tertiary/aromatic N) is 2. The predicted octanol–water partition coefficient (Wildman–Crippen LogP) is 7.99. The van der Waals surface area contributed by atoms with Gasteiger partial charge in [0.25, 0.3) is 10.0 Å². The zero-order valence-electron chi connectivity index (χ0n) is 28.0. The summed E-state index contributed by atoms with van der Waals surface area (Å²) < 4.78 is 36.4. The zero-order chi connectivity index (χ0) is 35.5. The molecule has 258 valence electrons. The fourth-order valence-corrected chi connectivity index (χ4v) is 7.26. The molecule has 0 aliphatic carbocycles. The Hall–Kier alpha value is -4.93. The second-order valence-electron chi connectivity index (χ2n) is 11.9. The molecule has 0 aliphatic heterocycles. The van der Waals surface area contributed by atoms with E-state index in [4.69, 9.17) is 4.74 Å². The first kappa shape index (κ1) is 36.4. The number of nitrogens with one attached hydrogen (secondary N) is 1. The number of hydrogen-bond donors (Lipinski definition) is 1. The van der Waals surface area contributed by atoms with Crippen molar-refractivity contribution in [3.63, 3.8) is 0 Å². The fourth-order valence-electron chi connectivity index (χ4n) is 5.38. The molecule has 1 N–H and O–H groups in total. The van der Waals surface area contributed by atoms with Gasteiger partial charge in [-0.3, -0.25) is 13.9 Å². The summed E-state index contributed by atoms with van der Waals surface area (Å²) in [4.78, 5) is 30.2. The average molecular weight is 755 g/mol. The predicted molar refractivity (Wildman–Crippen MR) is 200 cm³/mol. The topological polar surface area (TPSA) is 96.0 Å². The van der Waals surface area contributed by atoms with Crippen LogP contribution in [0.3, 0.4) is 0 Å². The van der Waals surface area contributed by atoms with Crippen LogP contribution in [0.4, 0.5) is 5.69 Å². The Morgan fingerprint density at radius 3 is 1.96 bits per heavy atom. The summed E-state index contributed by atoms with van der Waals surface area (Å²) in [5.41, 5.74) is 1.92. The summed E-state index contributed by atoms with van der Waals surface area (Å²) in [5, 5.41) is 3.06. The van der Waals surface area contributed by atoms with Crippen molar-refractivity contribution in [2.24, 2.45) is 0 Å². The molecule has 10 heteroatoms. The van der Waals surface area contributed by atoms with Gasteiger partial charge < -0.3 is 15.0 Å². The first-order chi connectivity index (χ1) is 24.1. The highest BCUT2D eigenvalue weighted by Gasteiger charge is 2.35. The number of halogens is 1. The standard InChI is InChI=1S/C40H40BrN3O5S/c1-3-30(2)42-40(46)38(27-31-14-7-4-8-15-31)43(28-32-16-13-17-33(41)26-32)39(45)29-44(50(47,48)37-20-11-6-12-21-37)34-22-24-36(25-23-34)49-35-18-9-5-10-19-35/h4-26,30,38H,3,27-29H2,1-2H3,(H,42,46)/t30-,38-/m0/s1. The Kier molecular flexibility index (Phi) is 12.5. The van der Waals surface area contributed by atoms with E-state index >= 15 is 0 Å². The van der Waals surface area contributed by atoms with Gasteiger partial charge in [0.15, 0.2) is 0 Å². The number of carbonyl (C=O) groups excluding carboxylic acids is 2. The number of anilines is 1. The van der Waals surface area contributed by atoms with Crippen LogP contribution in [0.25, 0.3) is 0 Å². The minimum Gasteiger partial charge on any atom is -0.457 e. The summed E-state index contributed by atoms with van der Waals surface area (Å²) in [6.07, 6.45) is 0.941. The zero-order valence-corrected chi connectivity index (χ0v) is 30.4. The van der Waals surface area contributed by atoms with Crippen molar-refractivity contribution in [3.05, 3.63) is 155 Å². The number of benzene rings is 5. The molecule has 0 aliphatic rings. The smallest absolute Gasteiger partial charge is 0.264 e. The van der Waals surface area contributed by atoms with Gasteiger partial charge in [0, 0.05) is 23.5 Å². The van der Waals surface area contributed by atoms with Gasteiger partial charge in [-0.25, -0.2) is 8.42 Å². The molecule has 5 rings (SSSR count). The highest BCUT2D eigenvalue weighted by molar-refractivity contribution is 9.10. The van der Waals surface area contributed by atoms with Crippen LogP contribution in [0.5, 0.6) is 11.5 Å². The molecule has 0 fully saturated rings. The molecule has 0 aromatic heterocycles. The van der Waals surface area contributed by atoms with E-state index in [0.29, 0.717) is 17.9 Å². The van der Waals surface area contributed by atoms with Crippen LogP contribution in [0.1, 0.15) is 31.4 Å². The van der Waals surface area contributed by atoms with E-state index in [1.54, 1.807) is 42.5 Å². The molecule has 0 radical (unpaired) electrons. The van der Waals surface area contributed by atoms with Crippen LogP contribution in [-0.4, -0.2) is 43.8 Å². The second-order valence-corrected chi connectivity index (χ2v) is 14.7. The largest absolute Gasteiger partial charge is 0.457 e. The maximum Gasteiger partial charge on any atom is 0.264 e. The Balaban J connectivity index is 1.55. The Labute approximate surface area is 302 Å². The maximum absolute atomic E-state index is 14.7. The summed E-state index contributed by atoms with van der Waals surface area (Å²) in [5.74, 6) is 0.289. The highest BCUT2D eigenvalue weighted by atomic mass is 79.9. The lowest BCUT2D eigenvalue weighted by molar-refractivity contribution is -0.140. The lowest BCUT2D eigenvalue weighted by Crippen LogP contribution is -2.54. The van der Waals surface area contributed by atoms with Gasteiger partial charge >= 0.3 is 0 Å². The van der Waals surface area contributed by atoms with Crippen molar-refractivity contribution in [3.8, 4) is 11.5 Å². The Morgan fingerprint density at radius 2 is 1.34 bits per heavy atom. The number of ether oxygens (including phenoxy) is 1. The van der Waals surface area contributed by atoms with Crippen molar-refractivity contribution >= 4 is 43.5 Å².